The van der Waals surface area contributed by atoms with Gasteiger partial charge in [-0.2, -0.15) is 4.31 Å². The molecule has 0 aliphatic carbocycles. The molecule has 1 unspecified atom stereocenters. The van der Waals surface area contributed by atoms with Crippen molar-refractivity contribution in [3.63, 3.8) is 0 Å². The summed E-state index contributed by atoms with van der Waals surface area (Å²) < 4.78 is 29.3. The Bertz CT molecular complexity index is 460. The zero-order valence-electron chi connectivity index (χ0n) is 11.3. The maximum Gasteiger partial charge on any atom is 0.424 e. The van der Waals surface area contributed by atoms with Gasteiger partial charge in [0.25, 0.3) is 0 Å². The summed E-state index contributed by atoms with van der Waals surface area (Å²) in [7, 11) is -3.89. The summed E-state index contributed by atoms with van der Waals surface area (Å²) in [5.41, 5.74) is -0.806. The van der Waals surface area contributed by atoms with Crippen molar-refractivity contribution in [3.05, 3.63) is 0 Å². The van der Waals surface area contributed by atoms with E-state index in [0.717, 1.165) is 0 Å². The van der Waals surface area contributed by atoms with Crippen molar-refractivity contribution >= 4 is 21.9 Å². The van der Waals surface area contributed by atoms with E-state index >= 15 is 0 Å². The maximum absolute atomic E-state index is 11.9. The number of sulfonamides is 1. The van der Waals surface area contributed by atoms with Gasteiger partial charge in [-0.05, 0) is 26.7 Å². The fourth-order valence-corrected chi connectivity index (χ4v) is 3.46. The van der Waals surface area contributed by atoms with E-state index in [-0.39, 0.29) is 5.92 Å². The molecule has 1 amide bonds. The van der Waals surface area contributed by atoms with E-state index in [0.29, 0.717) is 4.31 Å². The monoisotopic (exact) mass is 277 g/mol. The number of hydrogen-bond donors (Lipinski definition) is 0. The number of ketones is 1. The van der Waals surface area contributed by atoms with E-state index in [2.05, 4.69) is 0 Å². The molecule has 1 aliphatic rings. The summed E-state index contributed by atoms with van der Waals surface area (Å²) in [5, 5.41) is 0. The molecule has 0 bridgehead atoms. The predicted octanol–water partition coefficient (Wildman–Crippen LogP) is 1.16. The maximum atomic E-state index is 11.9. The zero-order valence-corrected chi connectivity index (χ0v) is 12.1. The molecule has 7 heteroatoms. The van der Waals surface area contributed by atoms with Crippen LogP contribution in [-0.2, 0) is 19.6 Å². The highest BCUT2D eigenvalue weighted by molar-refractivity contribution is 7.90. The molecular weight excluding hydrogens is 258 g/mol. The van der Waals surface area contributed by atoms with Gasteiger partial charge in [-0.15, -0.1) is 0 Å². The lowest BCUT2D eigenvalue weighted by atomic mass is 10.0. The van der Waals surface area contributed by atoms with Gasteiger partial charge in [0.05, 0.1) is 0 Å². The van der Waals surface area contributed by atoms with Crippen molar-refractivity contribution in [2.24, 2.45) is 5.92 Å². The molecule has 1 fully saturated rings. The molecule has 0 aromatic heterocycles. The molecule has 1 saturated heterocycles. The predicted molar refractivity (Wildman–Crippen MR) is 65.5 cm³/mol. The molecule has 1 aliphatic heterocycles. The molecular formula is C11H19NO5S. The van der Waals surface area contributed by atoms with Gasteiger partial charge in [-0.25, -0.2) is 13.2 Å². The van der Waals surface area contributed by atoms with Crippen molar-refractivity contribution in [1.29, 1.82) is 0 Å². The Kier molecular flexibility index (Phi) is 3.76. The van der Waals surface area contributed by atoms with Crippen molar-refractivity contribution in [2.45, 2.75) is 46.3 Å². The normalized spacial score (nSPS) is 23.6. The first kappa shape index (κ1) is 14.9. The summed E-state index contributed by atoms with van der Waals surface area (Å²) in [4.78, 5) is 23.6. The number of rotatable bonds is 1. The zero-order chi connectivity index (χ0) is 14.3. The van der Waals surface area contributed by atoms with Crippen LogP contribution in [-0.4, -0.2) is 42.0 Å². The van der Waals surface area contributed by atoms with Crippen LogP contribution in [0.25, 0.3) is 0 Å². The second-order valence-corrected chi connectivity index (χ2v) is 7.53. The van der Waals surface area contributed by atoms with Gasteiger partial charge in [0.1, 0.15) is 17.4 Å². The van der Waals surface area contributed by atoms with E-state index in [1.165, 1.54) is 0 Å². The lowest BCUT2D eigenvalue weighted by Gasteiger charge is -2.28. The van der Waals surface area contributed by atoms with Crippen molar-refractivity contribution in [1.82, 2.24) is 4.31 Å². The first-order valence-corrected chi connectivity index (χ1v) is 7.34. The highest BCUT2D eigenvalue weighted by Gasteiger charge is 2.49. The number of hydrogen-bond acceptors (Lipinski definition) is 5. The number of amides is 1. The molecule has 1 rings (SSSR count). The van der Waals surface area contributed by atoms with Crippen molar-refractivity contribution in [2.75, 3.05) is 5.75 Å². The topological polar surface area (TPSA) is 80.8 Å². The number of Topliss-reactive ketones (excluding diaryl/α,β-unsaturated/α-hetero) is 1. The summed E-state index contributed by atoms with van der Waals surface area (Å²) in [5.74, 6) is -1.37. The van der Waals surface area contributed by atoms with E-state index in [4.69, 9.17) is 4.74 Å². The minimum Gasteiger partial charge on any atom is -0.443 e. The van der Waals surface area contributed by atoms with Crippen LogP contribution in [0.5, 0.6) is 0 Å². The van der Waals surface area contributed by atoms with Crippen molar-refractivity contribution < 1.29 is 22.7 Å². The Morgan fingerprint density at radius 1 is 1.39 bits per heavy atom. The molecule has 0 N–H and O–H groups in total. The highest BCUT2D eigenvalue weighted by Crippen LogP contribution is 2.26. The standard InChI is InChI=1S/C11H19NO5S/c1-7(2)9-8(13)6-18(15,16)12(9)10(14)17-11(3,4)5/h7,9H,6H2,1-5H3. The molecule has 1 atom stereocenters. The third kappa shape index (κ3) is 3.01. The first-order chi connectivity index (χ1) is 7.96. The van der Waals surface area contributed by atoms with Crippen LogP contribution in [0.2, 0.25) is 0 Å². The minimum atomic E-state index is -3.89. The Balaban J connectivity index is 3.09. The molecule has 6 nitrogen and oxygen atoms in total. The first-order valence-electron chi connectivity index (χ1n) is 5.73. The Hall–Kier alpha value is -1.11. The van der Waals surface area contributed by atoms with Crippen LogP contribution in [0.3, 0.4) is 0 Å². The van der Waals surface area contributed by atoms with Gasteiger partial charge in [-0.1, -0.05) is 13.8 Å². The van der Waals surface area contributed by atoms with Crippen LogP contribution in [0.1, 0.15) is 34.6 Å². The van der Waals surface area contributed by atoms with Crippen molar-refractivity contribution in [3.8, 4) is 0 Å². The SMILES string of the molecule is CC(C)C1C(=O)CS(=O)(=O)N1C(=O)OC(C)(C)C. The molecule has 0 spiro atoms. The summed E-state index contributed by atoms with van der Waals surface area (Å²) in [6.07, 6.45) is -0.980. The Morgan fingerprint density at radius 3 is 2.28 bits per heavy atom. The molecule has 0 aromatic rings. The van der Waals surface area contributed by atoms with Crippen LogP contribution in [0, 0.1) is 5.92 Å². The van der Waals surface area contributed by atoms with E-state index in [1.54, 1.807) is 34.6 Å². The summed E-state index contributed by atoms with van der Waals surface area (Å²) in [6.45, 7) is 8.31. The quantitative estimate of drug-likeness (QED) is 0.718. The average Bonchev–Trinajstić information content (AvgIpc) is 2.31. The average molecular weight is 277 g/mol. The summed E-state index contributed by atoms with van der Waals surface area (Å²) in [6, 6.07) is -0.954. The van der Waals surface area contributed by atoms with Crippen LogP contribution >= 0.6 is 0 Å². The highest BCUT2D eigenvalue weighted by atomic mass is 32.2. The van der Waals surface area contributed by atoms with Crippen LogP contribution < -0.4 is 0 Å². The molecule has 0 saturated carbocycles. The second-order valence-electron chi connectivity index (χ2n) is 5.69. The van der Waals surface area contributed by atoms with Crippen LogP contribution in [0.15, 0.2) is 0 Å². The van der Waals surface area contributed by atoms with E-state index < -0.39 is 39.3 Å². The Morgan fingerprint density at radius 2 is 1.89 bits per heavy atom. The molecule has 1 heterocycles. The lowest BCUT2D eigenvalue weighted by molar-refractivity contribution is -0.120. The number of ether oxygens (including phenoxy) is 1. The summed E-state index contributed by atoms with van der Waals surface area (Å²) >= 11 is 0. The minimum absolute atomic E-state index is 0.276. The second kappa shape index (κ2) is 4.53. The lowest BCUT2D eigenvalue weighted by Crippen LogP contribution is -2.45. The van der Waals surface area contributed by atoms with E-state index in [9.17, 15) is 18.0 Å². The fraction of sp³-hybridized carbons (Fsp3) is 0.818. The van der Waals surface area contributed by atoms with Gasteiger partial charge < -0.3 is 4.74 Å². The number of nitrogens with zero attached hydrogens (tertiary/aromatic N) is 1. The molecule has 104 valence electrons. The van der Waals surface area contributed by atoms with Gasteiger partial charge in [0, 0.05) is 0 Å². The fourth-order valence-electron chi connectivity index (χ4n) is 1.82. The van der Waals surface area contributed by atoms with Crippen LogP contribution in [0.4, 0.5) is 4.79 Å². The Labute approximate surface area is 107 Å². The number of carbonyl (C=O) groups excluding carboxylic acids is 2. The van der Waals surface area contributed by atoms with Gasteiger partial charge in [0.15, 0.2) is 5.78 Å². The van der Waals surface area contributed by atoms with Gasteiger partial charge in [0.2, 0.25) is 10.0 Å². The van der Waals surface area contributed by atoms with Gasteiger partial charge >= 0.3 is 6.09 Å². The molecule has 0 radical (unpaired) electrons. The third-order valence-electron chi connectivity index (χ3n) is 2.41. The third-order valence-corrected chi connectivity index (χ3v) is 4.04. The smallest absolute Gasteiger partial charge is 0.424 e. The molecule has 0 aromatic carbocycles. The largest absolute Gasteiger partial charge is 0.443 e. The number of carbonyl (C=O) groups is 2. The molecule has 18 heavy (non-hydrogen) atoms. The van der Waals surface area contributed by atoms with E-state index in [1.807, 2.05) is 0 Å². The van der Waals surface area contributed by atoms with Gasteiger partial charge in [-0.3, -0.25) is 4.79 Å².